The fourth-order valence-electron chi connectivity index (χ4n) is 2.39. The van der Waals surface area contributed by atoms with Gasteiger partial charge in [0.1, 0.15) is 5.67 Å². The van der Waals surface area contributed by atoms with E-state index in [0.717, 1.165) is 6.42 Å². The average Bonchev–Trinajstić information content (AvgIpc) is 2.61. The van der Waals surface area contributed by atoms with Gasteiger partial charge in [-0.25, -0.2) is 4.39 Å². The van der Waals surface area contributed by atoms with Gasteiger partial charge in [-0.3, -0.25) is 4.79 Å². The molecule has 116 valence electrons. The second kappa shape index (κ2) is 5.89. The van der Waals surface area contributed by atoms with Crippen LogP contribution in [-0.2, 0) is 10.5 Å². The third-order valence-corrected chi connectivity index (χ3v) is 3.47. The predicted molar refractivity (Wildman–Crippen MR) is 75.6 cm³/mol. The minimum Gasteiger partial charge on any atom is -0.490 e. The molecule has 2 rings (SSSR count). The average molecular weight is 297 g/mol. The lowest BCUT2D eigenvalue weighted by Crippen LogP contribution is -2.25. The molecule has 1 atom stereocenters. The lowest BCUT2D eigenvalue weighted by molar-refractivity contribution is -0.138. The van der Waals surface area contributed by atoms with E-state index in [0.29, 0.717) is 30.3 Å². The van der Waals surface area contributed by atoms with Crippen LogP contribution in [0.5, 0.6) is 11.5 Å². The Morgan fingerprint density at radius 2 is 1.95 bits per heavy atom. The van der Waals surface area contributed by atoms with E-state index in [4.69, 9.17) is 15.2 Å². The Kier molecular flexibility index (Phi) is 4.37. The number of aliphatic carboxylic acids is 1. The van der Waals surface area contributed by atoms with Crippen LogP contribution in [-0.4, -0.2) is 30.8 Å². The maximum atomic E-state index is 14.5. The van der Waals surface area contributed by atoms with E-state index in [2.05, 4.69) is 0 Å². The number of carboxylic acids is 1. The maximum absolute atomic E-state index is 14.5. The van der Waals surface area contributed by atoms with Gasteiger partial charge in [-0.1, -0.05) is 0 Å². The van der Waals surface area contributed by atoms with Crippen molar-refractivity contribution >= 4 is 5.97 Å². The minimum atomic E-state index is -1.71. The van der Waals surface area contributed by atoms with Gasteiger partial charge in [0.25, 0.3) is 0 Å². The molecular weight excluding hydrogens is 277 g/mol. The van der Waals surface area contributed by atoms with E-state index in [9.17, 15) is 14.3 Å². The highest BCUT2D eigenvalue weighted by molar-refractivity contribution is 5.77. The van der Waals surface area contributed by atoms with Crippen molar-refractivity contribution in [2.75, 3.05) is 19.8 Å². The van der Waals surface area contributed by atoms with Crippen LogP contribution < -0.4 is 15.2 Å². The molecule has 5 nitrogen and oxygen atoms in total. The third kappa shape index (κ3) is 3.26. The van der Waals surface area contributed by atoms with Crippen molar-refractivity contribution in [2.45, 2.75) is 31.9 Å². The number of carboxylic acid groups (broad SMARTS) is 1. The predicted octanol–water partition coefficient (Wildman–Crippen LogP) is 2.18. The van der Waals surface area contributed by atoms with E-state index in [1.54, 1.807) is 6.07 Å². The van der Waals surface area contributed by atoms with Crippen LogP contribution in [0.25, 0.3) is 0 Å². The molecular formula is C15H20FNO4. The highest BCUT2D eigenvalue weighted by atomic mass is 19.1. The molecule has 1 unspecified atom stereocenters. The number of alkyl halides is 1. The van der Waals surface area contributed by atoms with Crippen molar-refractivity contribution in [3.05, 3.63) is 23.3 Å². The first-order valence-electron chi connectivity index (χ1n) is 6.90. The van der Waals surface area contributed by atoms with Gasteiger partial charge in [0.05, 0.1) is 19.1 Å². The molecule has 0 amide bonds. The molecule has 0 fully saturated rings. The summed E-state index contributed by atoms with van der Waals surface area (Å²) < 4.78 is 25.6. The number of ether oxygens (including phenoxy) is 2. The van der Waals surface area contributed by atoms with Crippen LogP contribution in [0.4, 0.5) is 4.39 Å². The Hall–Kier alpha value is -1.82. The van der Waals surface area contributed by atoms with Crippen molar-refractivity contribution in [2.24, 2.45) is 5.73 Å². The minimum absolute atomic E-state index is 0.113. The second-order valence-electron chi connectivity index (χ2n) is 5.54. The van der Waals surface area contributed by atoms with Gasteiger partial charge >= 0.3 is 5.97 Å². The van der Waals surface area contributed by atoms with Gasteiger partial charge in [0, 0.05) is 13.0 Å². The zero-order chi connectivity index (χ0) is 15.6. The lowest BCUT2D eigenvalue weighted by Gasteiger charge is -2.24. The first-order chi connectivity index (χ1) is 9.84. The summed E-state index contributed by atoms with van der Waals surface area (Å²) in [5.74, 6) is -1.18. The Morgan fingerprint density at radius 1 is 1.38 bits per heavy atom. The number of nitrogens with two attached hydrogens (primary N) is 1. The largest absolute Gasteiger partial charge is 0.490 e. The highest BCUT2D eigenvalue weighted by Gasteiger charge is 2.31. The quantitative estimate of drug-likeness (QED) is 0.890. The molecule has 1 aromatic rings. The first kappa shape index (κ1) is 15.6. The zero-order valence-corrected chi connectivity index (χ0v) is 12.2. The molecule has 1 aliphatic rings. The first-order valence-corrected chi connectivity index (χ1v) is 6.90. The van der Waals surface area contributed by atoms with E-state index in [-0.39, 0.29) is 12.1 Å². The smallest absolute Gasteiger partial charge is 0.312 e. The van der Waals surface area contributed by atoms with E-state index < -0.39 is 17.6 Å². The summed E-state index contributed by atoms with van der Waals surface area (Å²) in [6, 6.07) is 3.07. The number of hydrogen-bond donors (Lipinski definition) is 2. The highest BCUT2D eigenvalue weighted by Crippen LogP contribution is 2.40. The summed E-state index contributed by atoms with van der Waals surface area (Å²) in [6.07, 6.45) is 0.720. The normalized spacial score (nSPS) is 16.2. The van der Waals surface area contributed by atoms with Gasteiger partial charge in [0.15, 0.2) is 11.5 Å². The monoisotopic (exact) mass is 297 g/mol. The molecule has 21 heavy (non-hydrogen) atoms. The molecule has 1 aliphatic heterocycles. The fraction of sp³-hybridized carbons (Fsp3) is 0.533. The summed E-state index contributed by atoms with van der Waals surface area (Å²) in [4.78, 5) is 11.4. The molecule has 1 heterocycles. The van der Waals surface area contributed by atoms with Crippen molar-refractivity contribution in [3.63, 3.8) is 0 Å². The van der Waals surface area contributed by atoms with Gasteiger partial charge in [-0.15, -0.1) is 0 Å². The molecule has 0 saturated carbocycles. The number of rotatable bonds is 4. The van der Waals surface area contributed by atoms with Crippen molar-refractivity contribution in [1.29, 1.82) is 0 Å². The number of carbonyl (C=O) groups is 1. The van der Waals surface area contributed by atoms with Crippen molar-refractivity contribution < 1.29 is 23.8 Å². The zero-order valence-electron chi connectivity index (χ0n) is 12.2. The SMILES string of the molecule is CC(C)(F)c1cc2c(cc1C(CN)C(=O)O)OCCCO2. The van der Waals surface area contributed by atoms with Crippen LogP contribution in [0.15, 0.2) is 12.1 Å². The Labute approximate surface area is 122 Å². The summed E-state index contributed by atoms with van der Waals surface area (Å²) in [5, 5.41) is 9.30. The molecule has 0 aliphatic carbocycles. The standard InChI is InChI=1S/C15H20FNO4/c1-15(2,16)11-7-13-12(20-4-3-5-21-13)6-9(11)10(8-17)14(18)19/h6-7,10H,3-5,8,17H2,1-2H3,(H,18,19). The molecule has 0 bridgehead atoms. The van der Waals surface area contributed by atoms with Gasteiger partial charge in [0.2, 0.25) is 0 Å². The van der Waals surface area contributed by atoms with E-state index in [1.165, 1.54) is 19.9 Å². The molecule has 0 saturated heterocycles. The second-order valence-corrected chi connectivity index (χ2v) is 5.54. The van der Waals surface area contributed by atoms with Gasteiger partial charge in [-0.2, -0.15) is 0 Å². The summed E-state index contributed by atoms with van der Waals surface area (Å²) in [6.45, 7) is 3.61. The third-order valence-electron chi connectivity index (χ3n) is 3.47. The molecule has 0 aromatic heterocycles. The van der Waals surface area contributed by atoms with Crippen LogP contribution >= 0.6 is 0 Å². The van der Waals surface area contributed by atoms with Crippen LogP contribution in [0.2, 0.25) is 0 Å². The van der Waals surface area contributed by atoms with Crippen molar-refractivity contribution in [3.8, 4) is 11.5 Å². The topological polar surface area (TPSA) is 81.8 Å². The fourth-order valence-corrected chi connectivity index (χ4v) is 2.39. The van der Waals surface area contributed by atoms with Gasteiger partial charge in [-0.05, 0) is 37.1 Å². The summed E-state index contributed by atoms with van der Waals surface area (Å²) >= 11 is 0. The summed E-state index contributed by atoms with van der Waals surface area (Å²) in [5.41, 5.74) is 4.45. The Morgan fingerprint density at radius 3 is 2.43 bits per heavy atom. The van der Waals surface area contributed by atoms with Crippen LogP contribution in [0, 0.1) is 0 Å². The number of fused-ring (bicyclic) bond motifs is 1. The van der Waals surface area contributed by atoms with E-state index in [1.807, 2.05) is 0 Å². The van der Waals surface area contributed by atoms with Crippen molar-refractivity contribution in [1.82, 2.24) is 0 Å². The Bertz CT molecular complexity index is 539. The lowest BCUT2D eigenvalue weighted by atomic mass is 9.86. The number of hydrogen-bond acceptors (Lipinski definition) is 4. The maximum Gasteiger partial charge on any atom is 0.312 e. The molecule has 0 spiro atoms. The molecule has 6 heteroatoms. The molecule has 1 aromatic carbocycles. The molecule has 3 N–H and O–H groups in total. The number of benzene rings is 1. The summed E-state index contributed by atoms with van der Waals surface area (Å²) in [7, 11) is 0. The van der Waals surface area contributed by atoms with Crippen LogP contribution in [0.1, 0.15) is 37.3 Å². The van der Waals surface area contributed by atoms with E-state index >= 15 is 0 Å². The Balaban J connectivity index is 2.60. The molecule has 0 radical (unpaired) electrons. The van der Waals surface area contributed by atoms with Crippen LogP contribution in [0.3, 0.4) is 0 Å². The number of halogens is 1. The van der Waals surface area contributed by atoms with Gasteiger partial charge < -0.3 is 20.3 Å².